The van der Waals surface area contributed by atoms with Gasteiger partial charge in [0.05, 0.1) is 5.69 Å². The average molecular weight is 291 g/mol. The van der Waals surface area contributed by atoms with Crippen LogP contribution in [0.4, 0.5) is 16.3 Å². The lowest BCUT2D eigenvalue weighted by Gasteiger charge is -2.08. The fourth-order valence-corrected chi connectivity index (χ4v) is 2.49. The number of anilines is 2. The molecule has 2 amide bonds. The van der Waals surface area contributed by atoms with Gasteiger partial charge in [0, 0.05) is 29.5 Å². The third-order valence-electron chi connectivity index (χ3n) is 3.51. The molecule has 0 unspecified atom stereocenters. The summed E-state index contributed by atoms with van der Waals surface area (Å²) in [7, 11) is 0. The van der Waals surface area contributed by atoms with E-state index in [0.717, 1.165) is 22.2 Å². The lowest BCUT2D eigenvalue weighted by molar-refractivity contribution is 0.262. The number of para-hydroxylation sites is 1. The van der Waals surface area contributed by atoms with Gasteiger partial charge in [-0.25, -0.2) is 9.78 Å². The number of imidazole rings is 1. The highest BCUT2D eigenvalue weighted by Crippen LogP contribution is 2.22. The maximum Gasteiger partial charge on any atom is 0.324 e. The van der Waals surface area contributed by atoms with Crippen molar-refractivity contribution in [2.75, 3.05) is 10.6 Å². The summed E-state index contributed by atoms with van der Waals surface area (Å²) in [5, 5.41) is 6.66. The van der Waals surface area contributed by atoms with E-state index in [1.54, 1.807) is 18.6 Å². The summed E-state index contributed by atoms with van der Waals surface area (Å²) in [5.41, 5.74) is 2.50. The predicted octanol–water partition coefficient (Wildman–Crippen LogP) is 3.46. The molecule has 0 bridgehead atoms. The maximum atomic E-state index is 12.2. The number of pyridine rings is 1. The molecule has 6 nitrogen and oxygen atoms in total. The first kappa shape index (κ1) is 12.5. The van der Waals surface area contributed by atoms with Crippen molar-refractivity contribution >= 4 is 34.1 Å². The molecule has 3 N–H and O–H groups in total. The molecule has 108 valence electrons. The predicted molar refractivity (Wildman–Crippen MR) is 86.1 cm³/mol. The Bertz CT molecular complexity index is 969. The van der Waals surface area contributed by atoms with Crippen molar-refractivity contribution in [3.8, 4) is 0 Å². The Labute approximate surface area is 125 Å². The first-order valence-electron chi connectivity index (χ1n) is 6.87. The van der Waals surface area contributed by atoms with Crippen molar-refractivity contribution in [3.63, 3.8) is 0 Å². The van der Waals surface area contributed by atoms with Crippen LogP contribution in [0.2, 0.25) is 0 Å². The summed E-state index contributed by atoms with van der Waals surface area (Å²) in [6, 6.07) is 13.1. The first-order chi connectivity index (χ1) is 10.8. The molecule has 0 atom stereocenters. The largest absolute Gasteiger partial charge is 0.359 e. The minimum Gasteiger partial charge on any atom is -0.359 e. The van der Waals surface area contributed by atoms with Crippen LogP contribution in [0.15, 0.2) is 61.1 Å². The number of aromatic amines is 1. The average Bonchev–Trinajstić information content (AvgIpc) is 3.15. The number of rotatable bonds is 2. The quantitative estimate of drug-likeness (QED) is 0.529. The standard InChI is InChI=1S/C16H13N5O/c22-16(19-13-10-18-12-5-2-1-4-11(12)13)20-15-7-3-6-14-17-8-9-21(14)15/h1-10,18H,(H2,19,20,22). The molecule has 1 aromatic carbocycles. The second-order valence-electron chi connectivity index (χ2n) is 4.89. The Kier molecular flexibility index (Phi) is 2.79. The van der Waals surface area contributed by atoms with Crippen LogP contribution in [-0.2, 0) is 0 Å². The van der Waals surface area contributed by atoms with E-state index < -0.39 is 0 Å². The van der Waals surface area contributed by atoms with E-state index in [9.17, 15) is 4.79 Å². The summed E-state index contributed by atoms with van der Waals surface area (Å²) >= 11 is 0. The molecule has 0 spiro atoms. The van der Waals surface area contributed by atoms with Crippen molar-refractivity contribution in [1.82, 2.24) is 14.4 Å². The molecule has 0 aliphatic rings. The van der Waals surface area contributed by atoms with E-state index in [4.69, 9.17) is 0 Å². The third-order valence-corrected chi connectivity index (χ3v) is 3.51. The molecule has 6 heteroatoms. The highest BCUT2D eigenvalue weighted by molar-refractivity contribution is 6.05. The van der Waals surface area contributed by atoms with E-state index in [1.165, 1.54) is 0 Å². The maximum absolute atomic E-state index is 12.2. The van der Waals surface area contributed by atoms with Crippen LogP contribution in [-0.4, -0.2) is 20.4 Å². The monoisotopic (exact) mass is 291 g/mol. The van der Waals surface area contributed by atoms with Crippen LogP contribution in [0, 0.1) is 0 Å². The zero-order valence-corrected chi connectivity index (χ0v) is 11.6. The Morgan fingerprint density at radius 2 is 2.00 bits per heavy atom. The van der Waals surface area contributed by atoms with Crippen LogP contribution in [0.1, 0.15) is 0 Å². The van der Waals surface area contributed by atoms with Crippen molar-refractivity contribution in [2.45, 2.75) is 0 Å². The lowest BCUT2D eigenvalue weighted by Crippen LogP contribution is -2.20. The minimum atomic E-state index is -0.300. The van der Waals surface area contributed by atoms with Crippen molar-refractivity contribution in [1.29, 1.82) is 0 Å². The van der Waals surface area contributed by atoms with Gasteiger partial charge in [0.1, 0.15) is 11.5 Å². The topological polar surface area (TPSA) is 74.2 Å². The number of fused-ring (bicyclic) bond motifs is 2. The summed E-state index contributed by atoms with van der Waals surface area (Å²) in [6.07, 6.45) is 5.27. The first-order valence-corrected chi connectivity index (χ1v) is 6.87. The number of carbonyl (C=O) groups excluding carboxylic acids is 1. The number of carbonyl (C=O) groups is 1. The van der Waals surface area contributed by atoms with E-state index in [0.29, 0.717) is 5.82 Å². The van der Waals surface area contributed by atoms with Gasteiger partial charge in [-0.05, 0) is 18.2 Å². The fraction of sp³-hybridized carbons (Fsp3) is 0. The number of amides is 2. The molecule has 0 saturated heterocycles. The smallest absolute Gasteiger partial charge is 0.324 e. The van der Waals surface area contributed by atoms with Crippen LogP contribution in [0.3, 0.4) is 0 Å². The number of hydrogen-bond donors (Lipinski definition) is 3. The number of urea groups is 1. The van der Waals surface area contributed by atoms with Gasteiger partial charge < -0.3 is 10.3 Å². The second kappa shape index (κ2) is 4.92. The summed E-state index contributed by atoms with van der Waals surface area (Å²) in [5.74, 6) is 0.660. The van der Waals surface area contributed by atoms with Crippen LogP contribution in [0.25, 0.3) is 16.6 Å². The Morgan fingerprint density at radius 3 is 2.95 bits per heavy atom. The highest BCUT2D eigenvalue weighted by Gasteiger charge is 2.09. The van der Waals surface area contributed by atoms with Gasteiger partial charge in [-0.15, -0.1) is 0 Å². The molecule has 0 radical (unpaired) electrons. The van der Waals surface area contributed by atoms with Gasteiger partial charge in [0.15, 0.2) is 0 Å². The number of benzene rings is 1. The molecular formula is C16H13N5O. The zero-order chi connectivity index (χ0) is 14.9. The molecule has 0 saturated carbocycles. The lowest BCUT2D eigenvalue weighted by atomic mass is 10.2. The van der Waals surface area contributed by atoms with E-state index >= 15 is 0 Å². The Balaban J connectivity index is 1.59. The second-order valence-corrected chi connectivity index (χ2v) is 4.89. The molecule has 4 rings (SSSR count). The van der Waals surface area contributed by atoms with Gasteiger partial charge in [0.2, 0.25) is 0 Å². The summed E-state index contributed by atoms with van der Waals surface area (Å²) in [4.78, 5) is 19.5. The summed E-state index contributed by atoms with van der Waals surface area (Å²) < 4.78 is 1.81. The van der Waals surface area contributed by atoms with Crippen LogP contribution < -0.4 is 10.6 Å². The molecule has 3 aromatic heterocycles. The Morgan fingerprint density at radius 1 is 1.09 bits per heavy atom. The zero-order valence-electron chi connectivity index (χ0n) is 11.6. The van der Waals surface area contributed by atoms with Gasteiger partial charge >= 0.3 is 6.03 Å². The van der Waals surface area contributed by atoms with Gasteiger partial charge in [-0.2, -0.15) is 0 Å². The SMILES string of the molecule is O=C(Nc1c[nH]c2ccccc12)Nc1cccc2nccn12. The normalized spacial score (nSPS) is 10.9. The van der Waals surface area contributed by atoms with E-state index in [2.05, 4.69) is 20.6 Å². The molecule has 0 aliphatic carbocycles. The van der Waals surface area contributed by atoms with Gasteiger partial charge in [-0.3, -0.25) is 9.72 Å². The van der Waals surface area contributed by atoms with Crippen LogP contribution in [0.5, 0.6) is 0 Å². The van der Waals surface area contributed by atoms with E-state index in [1.807, 2.05) is 46.9 Å². The molecule has 3 heterocycles. The number of nitrogens with one attached hydrogen (secondary N) is 3. The third kappa shape index (κ3) is 2.07. The summed E-state index contributed by atoms with van der Waals surface area (Å²) in [6.45, 7) is 0. The van der Waals surface area contributed by atoms with Gasteiger partial charge in [0.25, 0.3) is 0 Å². The molecule has 0 aliphatic heterocycles. The molecule has 0 fully saturated rings. The van der Waals surface area contributed by atoms with Crippen LogP contribution >= 0.6 is 0 Å². The highest BCUT2D eigenvalue weighted by atomic mass is 16.2. The van der Waals surface area contributed by atoms with E-state index in [-0.39, 0.29) is 6.03 Å². The number of hydrogen-bond acceptors (Lipinski definition) is 2. The fourth-order valence-electron chi connectivity index (χ4n) is 2.49. The number of H-pyrrole nitrogens is 1. The number of aromatic nitrogens is 3. The Hall–Kier alpha value is -3.28. The van der Waals surface area contributed by atoms with Gasteiger partial charge in [-0.1, -0.05) is 24.3 Å². The number of nitrogens with zero attached hydrogens (tertiary/aromatic N) is 2. The minimum absolute atomic E-state index is 0.300. The van der Waals surface area contributed by atoms with Crippen molar-refractivity contribution in [3.05, 3.63) is 61.1 Å². The van der Waals surface area contributed by atoms with Crippen molar-refractivity contribution < 1.29 is 4.79 Å². The molecule has 4 aromatic rings. The van der Waals surface area contributed by atoms with Crippen molar-refractivity contribution in [2.24, 2.45) is 0 Å². The molecule has 22 heavy (non-hydrogen) atoms. The molecular weight excluding hydrogens is 278 g/mol.